The zero-order chi connectivity index (χ0) is 21.2. The minimum atomic E-state index is -0.462. The molecule has 1 fully saturated rings. The van der Waals surface area contributed by atoms with E-state index in [1.165, 1.54) is 17.0 Å². The van der Waals surface area contributed by atoms with Gasteiger partial charge in [0.05, 0.1) is 11.1 Å². The summed E-state index contributed by atoms with van der Waals surface area (Å²) in [4.78, 5) is 22.2. The van der Waals surface area contributed by atoms with Gasteiger partial charge >= 0.3 is 0 Å². The van der Waals surface area contributed by atoms with E-state index in [9.17, 15) is 9.18 Å². The predicted molar refractivity (Wildman–Crippen MR) is 108 cm³/mol. The number of hydrogen-bond donors (Lipinski definition) is 0. The van der Waals surface area contributed by atoms with Crippen LogP contribution in [0.2, 0.25) is 0 Å². The predicted octanol–water partition coefficient (Wildman–Crippen LogP) is 4.05. The highest BCUT2D eigenvalue weighted by Gasteiger charge is 2.35. The Hall–Kier alpha value is -3.07. The monoisotopic (exact) mass is 411 g/mol. The molecule has 1 aromatic carbocycles. The van der Waals surface area contributed by atoms with Crippen molar-refractivity contribution in [2.75, 3.05) is 0 Å². The van der Waals surface area contributed by atoms with Crippen LogP contribution >= 0.6 is 0 Å². The van der Waals surface area contributed by atoms with Crippen molar-refractivity contribution in [1.82, 2.24) is 24.1 Å². The Morgan fingerprint density at radius 3 is 2.77 bits per heavy atom. The number of nitrogens with zero attached hydrogens (tertiary/aromatic N) is 5. The molecule has 5 rings (SSSR count). The van der Waals surface area contributed by atoms with Crippen LogP contribution < -0.4 is 5.56 Å². The van der Waals surface area contributed by atoms with Crippen LogP contribution in [0.25, 0.3) is 28.1 Å². The number of ether oxygens (including phenoxy) is 1. The number of hydrogen-bond acceptors (Lipinski definition) is 6. The van der Waals surface area contributed by atoms with Gasteiger partial charge in [-0.05, 0) is 52.7 Å². The molecule has 0 aliphatic carbocycles. The van der Waals surface area contributed by atoms with Gasteiger partial charge in [0, 0.05) is 6.04 Å². The van der Waals surface area contributed by atoms with E-state index in [-0.39, 0.29) is 45.9 Å². The molecule has 1 aliphatic heterocycles. The fourth-order valence-electron chi connectivity index (χ4n) is 4.16. The second kappa shape index (κ2) is 6.46. The Bertz CT molecular complexity index is 1330. The minimum absolute atomic E-state index is 0.143. The largest absolute Gasteiger partial charge is 0.364 e. The first-order chi connectivity index (χ1) is 14.3. The van der Waals surface area contributed by atoms with Crippen molar-refractivity contribution in [2.24, 2.45) is 0 Å². The van der Waals surface area contributed by atoms with Gasteiger partial charge in [0.25, 0.3) is 11.4 Å². The molecule has 4 aromatic rings. The van der Waals surface area contributed by atoms with E-state index in [4.69, 9.17) is 9.26 Å². The van der Waals surface area contributed by atoms with Gasteiger partial charge < -0.3 is 9.26 Å². The smallest absolute Gasteiger partial charge is 0.279 e. The Balaban J connectivity index is 1.71. The van der Waals surface area contributed by atoms with Gasteiger partial charge in [0.15, 0.2) is 5.69 Å². The van der Waals surface area contributed by atoms with Crippen molar-refractivity contribution in [3.8, 4) is 11.6 Å². The number of benzene rings is 1. The van der Waals surface area contributed by atoms with Crippen LogP contribution in [-0.2, 0) is 4.74 Å². The number of para-hydroxylation sites is 1. The molecule has 3 aromatic heterocycles. The molecule has 0 saturated carbocycles. The second-order valence-corrected chi connectivity index (χ2v) is 8.55. The summed E-state index contributed by atoms with van der Waals surface area (Å²) in [5.41, 5.74) is 0.717. The molecule has 1 aliphatic rings. The van der Waals surface area contributed by atoms with Crippen molar-refractivity contribution in [1.29, 1.82) is 0 Å². The van der Waals surface area contributed by atoms with E-state index in [0.29, 0.717) is 11.3 Å². The zero-order valence-electron chi connectivity index (χ0n) is 17.2. The second-order valence-electron chi connectivity index (χ2n) is 8.55. The third-order valence-corrected chi connectivity index (χ3v) is 5.57. The fourth-order valence-corrected chi connectivity index (χ4v) is 4.16. The first-order valence-electron chi connectivity index (χ1n) is 9.98. The van der Waals surface area contributed by atoms with Crippen LogP contribution in [0.3, 0.4) is 0 Å². The average molecular weight is 411 g/mol. The molecule has 156 valence electrons. The van der Waals surface area contributed by atoms with Crippen molar-refractivity contribution >= 4 is 16.6 Å². The Labute approximate surface area is 171 Å². The fraction of sp³-hybridized carbons (Fsp3) is 0.429. The number of rotatable bonds is 3. The summed E-state index contributed by atoms with van der Waals surface area (Å²) in [6.45, 7) is 7.72. The van der Waals surface area contributed by atoms with E-state index >= 15 is 0 Å². The molecular weight excluding hydrogens is 389 g/mol. The van der Waals surface area contributed by atoms with Crippen LogP contribution in [0.15, 0.2) is 33.8 Å². The molecule has 0 amide bonds. The summed E-state index contributed by atoms with van der Waals surface area (Å²) in [7, 11) is 0. The van der Waals surface area contributed by atoms with E-state index in [2.05, 4.69) is 15.1 Å². The summed E-state index contributed by atoms with van der Waals surface area (Å²) in [5.74, 6) is 0.119. The molecule has 9 heteroatoms. The Morgan fingerprint density at radius 2 is 2.07 bits per heavy atom. The van der Waals surface area contributed by atoms with Gasteiger partial charge in [-0.3, -0.25) is 13.8 Å². The first-order valence-corrected chi connectivity index (χ1v) is 9.98. The third-order valence-electron chi connectivity index (χ3n) is 5.57. The van der Waals surface area contributed by atoms with Gasteiger partial charge in [-0.2, -0.15) is 4.98 Å². The molecule has 30 heavy (non-hydrogen) atoms. The molecule has 1 saturated heterocycles. The van der Waals surface area contributed by atoms with Crippen LogP contribution in [0.1, 0.15) is 58.5 Å². The van der Waals surface area contributed by atoms with Gasteiger partial charge in [0.1, 0.15) is 29.3 Å². The summed E-state index contributed by atoms with van der Waals surface area (Å²) in [5, 5.41) is 4.06. The molecule has 1 atom stereocenters. The average Bonchev–Trinajstić information content (AvgIpc) is 3.39. The van der Waals surface area contributed by atoms with E-state index in [0.717, 1.165) is 12.8 Å². The maximum atomic E-state index is 14.6. The summed E-state index contributed by atoms with van der Waals surface area (Å²) >= 11 is 0. The number of aromatic nitrogens is 5. The van der Waals surface area contributed by atoms with Gasteiger partial charge in [-0.25, -0.2) is 9.37 Å². The lowest BCUT2D eigenvalue weighted by Gasteiger charge is -2.17. The Morgan fingerprint density at radius 1 is 1.27 bits per heavy atom. The highest BCUT2D eigenvalue weighted by atomic mass is 19.1. The first kappa shape index (κ1) is 18.9. The molecule has 0 bridgehead atoms. The number of fused-ring (bicyclic) bond motifs is 3. The lowest BCUT2D eigenvalue weighted by Crippen LogP contribution is -2.25. The zero-order valence-corrected chi connectivity index (χ0v) is 17.2. The number of imidazole rings is 1. The minimum Gasteiger partial charge on any atom is -0.364 e. The lowest BCUT2D eigenvalue weighted by molar-refractivity contribution is -0.0207. The highest BCUT2D eigenvalue weighted by Crippen LogP contribution is 2.38. The summed E-state index contributed by atoms with van der Waals surface area (Å²) in [6, 6.07) is 4.45. The molecule has 0 radical (unpaired) electrons. The summed E-state index contributed by atoms with van der Waals surface area (Å²) < 4.78 is 29.1. The van der Waals surface area contributed by atoms with Gasteiger partial charge in [-0.15, -0.1) is 0 Å². The van der Waals surface area contributed by atoms with E-state index < -0.39 is 5.82 Å². The van der Waals surface area contributed by atoms with Gasteiger partial charge in [0.2, 0.25) is 5.82 Å². The van der Waals surface area contributed by atoms with Crippen LogP contribution in [0.4, 0.5) is 4.39 Å². The topological polar surface area (TPSA) is 87.5 Å². The van der Waals surface area contributed by atoms with Crippen molar-refractivity contribution in [3.05, 3.63) is 46.5 Å². The maximum Gasteiger partial charge on any atom is 0.279 e. The van der Waals surface area contributed by atoms with E-state index in [1.54, 1.807) is 16.5 Å². The van der Waals surface area contributed by atoms with Crippen molar-refractivity contribution in [2.45, 2.75) is 58.3 Å². The van der Waals surface area contributed by atoms with Crippen molar-refractivity contribution < 1.29 is 13.7 Å². The molecule has 8 nitrogen and oxygen atoms in total. The van der Waals surface area contributed by atoms with Gasteiger partial charge in [-0.1, -0.05) is 11.2 Å². The van der Waals surface area contributed by atoms with Crippen LogP contribution in [0, 0.1) is 5.82 Å². The quantitative estimate of drug-likeness (QED) is 0.505. The lowest BCUT2D eigenvalue weighted by atomic mass is 10.1. The van der Waals surface area contributed by atoms with Crippen molar-refractivity contribution in [3.63, 3.8) is 0 Å². The highest BCUT2D eigenvalue weighted by molar-refractivity contribution is 5.83. The molecule has 0 N–H and O–H groups in total. The molecular formula is C21H22FN5O3. The maximum absolute atomic E-state index is 14.6. The molecule has 0 spiro atoms. The van der Waals surface area contributed by atoms with E-state index in [1.807, 2.05) is 27.7 Å². The Kier molecular flexibility index (Phi) is 4.08. The SMILES string of the molecule is CC(C)n1c(=O)c2c(-c3nc(C4CCC(C)(C)O4)no3)ncn2c2cccc(F)c21. The summed E-state index contributed by atoms with van der Waals surface area (Å²) in [6.07, 6.45) is 2.91. The third kappa shape index (κ3) is 2.76. The normalized spacial score (nSPS) is 18.8. The van der Waals surface area contributed by atoms with Crippen LogP contribution in [0.5, 0.6) is 0 Å². The van der Waals surface area contributed by atoms with Crippen LogP contribution in [-0.4, -0.2) is 29.7 Å². The molecule has 4 heterocycles. The number of halogens is 1. The molecule has 1 unspecified atom stereocenters. The standard InChI is InChI=1S/C21H22FN5O3/c1-11(2)27-16-12(22)6-5-7-13(16)26-10-23-15(17(26)20(27)28)19-24-18(25-30-19)14-8-9-21(3,4)29-14/h5-7,10-11,14H,8-9H2,1-4H3.